The number of amides is 1. The van der Waals surface area contributed by atoms with E-state index in [0.717, 1.165) is 18.7 Å². The lowest BCUT2D eigenvalue weighted by atomic mass is 9.90. The van der Waals surface area contributed by atoms with Crippen molar-refractivity contribution in [3.8, 4) is 0 Å². The molecule has 1 unspecified atom stereocenters. The minimum absolute atomic E-state index is 0.126. The molecule has 27 heavy (non-hydrogen) atoms. The third kappa shape index (κ3) is 4.68. The van der Waals surface area contributed by atoms with Gasteiger partial charge in [0.15, 0.2) is 0 Å². The molecule has 1 aromatic carbocycles. The summed E-state index contributed by atoms with van der Waals surface area (Å²) in [5.41, 5.74) is 0.0490. The lowest BCUT2D eigenvalue weighted by Crippen LogP contribution is -2.54. The number of carbonyl (C=O) groups excluding carboxylic acids is 1. The molecule has 0 spiro atoms. The number of nitrogens with zero attached hydrogens (tertiary/aromatic N) is 1. The number of sulfonamides is 1. The van der Waals surface area contributed by atoms with Gasteiger partial charge in [-0.15, -0.1) is 0 Å². The van der Waals surface area contributed by atoms with Crippen LogP contribution in [0.25, 0.3) is 0 Å². The maximum absolute atomic E-state index is 12.8. The second-order valence-corrected chi connectivity index (χ2v) is 8.74. The minimum Gasteiger partial charge on any atom is -0.368 e. The summed E-state index contributed by atoms with van der Waals surface area (Å²) in [6, 6.07) is 6.46. The second-order valence-electron chi connectivity index (χ2n) is 6.80. The Labute approximate surface area is 162 Å². The molecule has 1 aliphatic rings. The lowest BCUT2D eigenvalue weighted by molar-refractivity contribution is -0.147. The van der Waals surface area contributed by atoms with E-state index in [4.69, 9.17) is 4.74 Å². The predicted molar refractivity (Wildman–Crippen MR) is 105 cm³/mol. The molecule has 152 valence electrons. The van der Waals surface area contributed by atoms with Gasteiger partial charge in [0.05, 0.1) is 10.9 Å². The first kappa shape index (κ1) is 21.8. The van der Waals surface area contributed by atoms with Crippen LogP contribution in [0, 0.1) is 0 Å². The molecule has 2 N–H and O–H groups in total. The van der Waals surface area contributed by atoms with E-state index in [-0.39, 0.29) is 16.8 Å². The van der Waals surface area contributed by atoms with Gasteiger partial charge in [-0.3, -0.25) is 4.79 Å². The topological polar surface area (TPSA) is 87.7 Å². The fraction of sp³-hybridized carbons (Fsp3) is 0.632. The molecule has 1 aliphatic heterocycles. The Bertz CT molecular complexity index is 724. The molecule has 1 fully saturated rings. The first-order valence-electron chi connectivity index (χ1n) is 9.47. The van der Waals surface area contributed by atoms with E-state index in [1.165, 1.54) is 4.31 Å². The smallest absolute Gasteiger partial charge is 0.252 e. The third-order valence-electron chi connectivity index (χ3n) is 5.29. The summed E-state index contributed by atoms with van der Waals surface area (Å²) >= 11 is 0. The number of piperidine rings is 1. The van der Waals surface area contributed by atoms with E-state index < -0.39 is 15.6 Å². The van der Waals surface area contributed by atoms with E-state index in [1.807, 2.05) is 20.8 Å². The van der Waals surface area contributed by atoms with Crippen molar-refractivity contribution < 1.29 is 17.9 Å². The van der Waals surface area contributed by atoms with Gasteiger partial charge in [0.1, 0.15) is 5.60 Å². The maximum atomic E-state index is 12.8. The Kier molecular flexibility index (Phi) is 7.39. The zero-order valence-electron chi connectivity index (χ0n) is 16.6. The van der Waals surface area contributed by atoms with Crippen molar-refractivity contribution in [1.82, 2.24) is 14.9 Å². The van der Waals surface area contributed by atoms with E-state index >= 15 is 0 Å². The average molecular weight is 398 g/mol. The fourth-order valence-corrected chi connectivity index (χ4v) is 4.87. The van der Waals surface area contributed by atoms with E-state index in [9.17, 15) is 13.2 Å². The molecular weight excluding hydrogens is 366 g/mol. The predicted octanol–water partition coefficient (Wildman–Crippen LogP) is 1.66. The Morgan fingerprint density at radius 3 is 2.26 bits per heavy atom. The number of benzene rings is 1. The fourth-order valence-electron chi connectivity index (χ4n) is 3.41. The quantitative estimate of drug-likeness (QED) is 0.697. The summed E-state index contributed by atoms with van der Waals surface area (Å²) in [6.45, 7) is 7.87. The van der Waals surface area contributed by atoms with Crippen LogP contribution < -0.4 is 10.6 Å². The molecule has 0 radical (unpaired) electrons. The van der Waals surface area contributed by atoms with Gasteiger partial charge in [-0.2, -0.15) is 4.31 Å². The summed E-state index contributed by atoms with van der Waals surface area (Å²) in [7, 11) is -1.91. The van der Waals surface area contributed by atoms with Crippen LogP contribution in [-0.4, -0.2) is 57.5 Å². The van der Waals surface area contributed by atoms with Gasteiger partial charge in [-0.25, -0.2) is 8.42 Å². The lowest BCUT2D eigenvalue weighted by Gasteiger charge is -2.35. The van der Waals surface area contributed by atoms with Gasteiger partial charge in [0.2, 0.25) is 10.0 Å². The number of carbonyl (C=O) groups is 1. The van der Waals surface area contributed by atoms with Gasteiger partial charge >= 0.3 is 0 Å². The van der Waals surface area contributed by atoms with Crippen molar-refractivity contribution >= 4 is 15.9 Å². The second kappa shape index (κ2) is 9.14. The zero-order chi connectivity index (χ0) is 20.1. The van der Waals surface area contributed by atoms with Gasteiger partial charge in [0, 0.05) is 20.2 Å². The Morgan fingerprint density at radius 1 is 1.22 bits per heavy atom. The average Bonchev–Trinajstić information content (AvgIpc) is 2.69. The van der Waals surface area contributed by atoms with Crippen molar-refractivity contribution in [2.45, 2.75) is 50.2 Å². The van der Waals surface area contributed by atoms with E-state index in [0.29, 0.717) is 25.9 Å². The Hall–Kier alpha value is -1.48. The van der Waals surface area contributed by atoms with Gasteiger partial charge in [0.25, 0.3) is 5.91 Å². The van der Waals surface area contributed by atoms with Crippen LogP contribution in [0.4, 0.5) is 0 Å². The Morgan fingerprint density at radius 2 is 1.78 bits per heavy atom. The number of hydrogen-bond donors (Lipinski definition) is 2. The number of nitrogens with one attached hydrogen (secondary N) is 2. The van der Waals surface area contributed by atoms with Crippen LogP contribution in [0.1, 0.15) is 45.2 Å². The first-order chi connectivity index (χ1) is 12.8. The molecule has 2 rings (SSSR count). The van der Waals surface area contributed by atoms with Crippen LogP contribution in [0.5, 0.6) is 0 Å². The first-order valence-corrected chi connectivity index (χ1v) is 10.9. The molecule has 1 atom stereocenters. The maximum Gasteiger partial charge on any atom is 0.252 e. The molecule has 0 bridgehead atoms. The van der Waals surface area contributed by atoms with Crippen LogP contribution in [-0.2, 0) is 19.6 Å². The van der Waals surface area contributed by atoms with Crippen LogP contribution in [0.2, 0.25) is 0 Å². The molecule has 1 saturated heterocycles. The molecule has 1 heterocycles. The molecule has 8 heteroatoms. The summed E-state index contributed by atoms with van der Waals surface area (Å²) in [5, 5.41) is 6.24. The molecule has 0 saturated carbocycles. The van der Waals surface area contributed by atoms with Crippen molar-refractivity contribution in [2.75, 3.05) is 33.3 Å². The SMILES string of the molecule is CCN(CC)S(=O)(=O)c1ccc(C(C)NC(=O)C2(OC)CCNCC2)cc1. The largest absolute Gasteiger partial charge is 0.368 e. The van der Waals surface area contributed by atoms with Gasteiger partial charge < -0.3 is 15.4 Å². The van der Waals surface area contributed by atoms with Crippen LogP contribution in [0.15, 0.2) is 29.2 Å². The molecule has 0 aromatic heterocycles. The highest BCUT2D eigenvalue weighted by Crippen LogP contribution is 2.25. The number of hydrogen-bond acceptors (Lipinski definition) is 5. The highest BCUT2D eigenvalue weighted by molar-refractivity contribution is 7.89. The monoisotopic (exact) mass is 397 g/mol. The number of ether oxygens (including phenoxy) is 1. The van der Waals surface area contributed by atoms with Crippen molar-refractivity contribution in [3.05, 3.63) is 29.8 Å². The number of rotatable bonds is 8. The summed E-state index contributed by atoms with van der Waals surface area (Å²) < 4.78 is 32.1. The standard InChI is InChI=1S/C19H31N3O4S/c1-5-22(6-2)27(24,25)17-9-7-16(8-10-17)15(3)21-18(23)19(26-4)11-13-20-14-12-19/h7-10,15,20H,5-6,11-14H2,1-4H3,(H,21,23). The molecule has 7 nitrogen and oxygen atoms in total. The number of methoxy groups -OCH3 is 1. The highest BCUT2D eigenvalue weighted by atomic mass is 32.2. The van der Waals surface area contributed by atoms with Gasteiger partial charge in [-0.05, 0) is 50.6 Å². The molecule has 0 aliphatic carbocycles. The van der Waals surface area contributed by atoms with Crippen LogP contribution >= 0.6 is 0 Å². The third-order valence-corrected chi connectivity index (χ3v) is 7.35. The van der Waals surface area contributed by atoms with Crippen molar-refractivity contribution in [1.29, 1.82) is 0 Å². The normalized spacial score (nSPS) is 18.3. The highest BCUT2D eigenvalue weighted by Gasteiger charge is 2.40. The Balaban J connectivity index is 2.11. The molecule has 1 aromatic rings. The summed E-state index contributed by atoms with van der Waals surface area (Å²) in [5.74, 6) is -0.126. The van der Waals surface area contributed by atoms with Crippen LogP contribution in [0.3, 0.4) is 0 Å². The van der Waals surface area contributed by atoms with E-state index in [1.54, 1.807) is 31.4 Å². The minimum atomic E-state index is -3.48. The van der Waals surface area contributed by atoms with Crippen molar-refractivity contribution in [2.24, 2.45) is 0 Å². The van der Waals surface area contributed by atoms with E-state index in [2.05, 4.69) is 10.6 Å². The summed E-state index contributed by atoms with van der Waals surface area (Å²) in [4.78, 5) is 13.0. The molecule has 1 amide bonds. The van der Waals surface area contributed by atoms with Gasteiger partial charge in [-0.1, -0.05) is 26.0 Å². The van der Waals surface area contributed by atoms with Crippen molar-refractivity contribution in [3.63, 3.8) is 0 Å². The molecular formula is C19H31N3O4S. The summed E-state index contributed by atoms with van der Waals surface area (Å²) in [6.07, 6.45) is 1.26. The zero-order valence-corrected chi connectivity index (χ0v) is 17.4.